The molecule has 0 amide bonds. The zero-order valence-corrected chi connectivity index (χ0v) is 7.32. The van der Waals surface area contributed by atoms with E-state index in [0.29, 0.717) is 18.4 Å². The molecule has 0 saturated heterocycles. The average molecular weight is 167 g/mol. The van der Waals surface area contributed by atoms with Gasteiger partial charge < -0.3 is 10.1 Å². The first-order valence-electron chi connectivity index (χ1n) is 3.88. The molecular weight excluding hydrogens is 154 g/mol. The second-order valence-electron chi connectivity index (χ2n) is 2.57. The molecule has 4 heteroatoms. The lowest BCUT2D eigenvalue weighted by molar-refractivity contribution is 0.278. The summed E-state index contributed by atoms with van der Waals surface area (Å²) in [5, 5.41) is 3.07. The highest BCUT2D eigenvalue weighted by molar-refractivity contribution is 5.09. The van der Waals surface area contributed by atoms with E-state index in [2.05, 4.69) is 15.3 Å². The molecule has 1 rings (SSSR count). The molecule has 66 valence electrons. The van der Waals surface area contributed by atoms with Gasteiger partial charge >= 0.3 is 0 Å². The van der Waals surface area contributed by atoms with Gasteiger partial charge in [0.05, 0.1) is 12.4 Å². The maximum Gasteiger partial charge on any atom is 0.155 e. The van der Waals surface area contributed by atoms with E-state index in [1.165, 1.54) is 6.33 Å². The van der Waals surface area contributed by atoms with E-state index < -0.39 is 0 Å². The summed E-state index contributed by atoms with van der Waals surface area (Å²) in [4.78, 5) is 7.66. The van der Waals surface area contributed by atoms with Crippen molar-refractivity contribution in [3.8, 4) is 5.75 Å². The van der Waals surface area contributed by atoms with E-state index >= 15 is 0 Å². The van der Waals surface area contributed by atoms with Crippen LogP contribution in [0.3, 0.4) is 0 Å². The minimum Gasteiger partial charge on any atom is -0.489 e. The lowest BCUT2D eigenvalue weighted by atomic mass is 10.4. The Morgan fingerprint density at radius 1 is 1.50 bits per heavy atom. The van der Waals surface area contributed by atoms with E-state index in [4.69, 9.17) is 4.74 Å². The van der Waals surface area contributed by atoms with Gasteiger partial charge in [-0.2, -0.15) is 0 Å². The molecule has 0 aromatic carbocycles. The number of rotatable bonds is 4. The van der Waals surface area contributed by atoms with E-state index in [1.54, 1.807) is 12.4 Å². The van der Waals surface area contributed by atoms with Crippen molar-refractivity contribution in [2.45, 2.75) is 13.0 Å². The van der Waals surface area contributed by atoms with E-state index in [1.807, 2.05) is 14.0 Å². The highest BCUT2D eigenvalue weighted by atomic mass is 16.5. The zero-order valence-electron chi connectivity index (χ0n) is 7.32. The predicted octanol–water partition coefficient (Wildman–Crippen LogP) is 0.463. The molecule has 0 aliphatic heterocycles. The Morgan fingerprint density at radius 3 is 2.75 bits per heavy atom. The summed E-state index contributed by atoms with van der Waals surface area (Å²) in [6.07, 6.45) is 4.78. The standard InChI is InChI=1S/C8H13N3O/c1-7(9-2)5-12-8-3-10-6-11-4-8/h3-4,6-7,9H,5H2,1-2H3. The van der Waals surface area contributed by atoms with Gasteiger partial charge in [-0.05, 0) is 14.0 Å². The van der Waals surface area contributed by atoms with Gasteiger partial charge in [-0.3, -0.25) is 0 Å². The van der Waals surface area contributed by atoms with Crippen LogP contribution in [-0.4, -0.2) is 29.7 Å². The molecule has 0 aliphatic rings. The van der Waals surface area contributed by atoms with Crippen LogP contribution >= 0.6 is 0 Å². The van der Waals surface area contributed by atoms with Gasteiger partial charge in [-0.15, -0.1) is 0 Å². The predicted molar refractivity (Wildman–Crippen MR) is 46.0 cm³/mol. The van der Waals surface area contributed by atoms with Gasteiger partial charge in [-0.1, -0.05) is 0 Å². The molecule has 1 unspecified atom stereocenters. The molecule has 0 saturated carbocycles. The third-order valence-electron chi connectivity index (χ3n) is 1.53. The number of likely N-dealkylation sites (N-methyl/N-ethyl adjacent to an activating group) is 1. The number of hydrogen-bond acceptors (Lipinski definition) is 4. The molecule has 1 aromatic heterocycles. The van der Waals surface area contributed by atoms with Gasteiger partial charge in [0.2, 0.25) is 0 Å². The largest absolute Gasteiger partial charge is 0.489 e. The van der Waals surface area contributed by atoms with Crippen LogP contribution in [0.2, 0.25) is 0 Å². The zero-order chi connectivity index (χ0) is 8.81. The summed E-state index contributed by atoms with van der Waals surface area (Å²) >= 11 is 0. The smallest absolute Gasteiger partial charge is 0.155 e. The maximum atomic E-state index is 5.37. The van der Waals surface area contributed by atoms with Gasteiger partial charge in [0.1, 0.15) is 12.9 Å². The van der Waals surface area contributed by atoms with Crippen LogP contribution in [0.5, 0.6) is 5.75 Å². The molecular formula is C8H13N3O. The Kier molecular flexibility index (Phi) is 3.47. The number of hydrogen-bond donors (Lipinski definition) is 1. The molecule has 12 heavy (non-hydrogen) atoms. The third kappa shape index (κ3) is 2.84. The summed E-state index contributed by atoms with van der Waals surface area (Å²) in [6, 6.07) is 0.338. The molecule has 0 aliphatic carbocycles. The Labute approximate surface area is 72.0 Å². The lowest BCUT2D eigenvalue weighted by Crippen LogP contribution is -2.28. The topological polar surface area (TPSA) is 47.0 Å². The van der Waals surface area contributed by atoms with Crippen LogP contribution < -0.4 is 10.1 Å². The van der Waals surface area contributed by atoms with Crippen LogP contribution in [0.25, 0.3) is 0 Å². The van der Waals surface area contributed by atoms with Crippen LogP contribution in [0.1, 0.15) is 6.92 Å². The molecule has 0 radical (unpaired) electrons. The first kappa shape index (κ1) is 8.93. The van der Waals surface area contributed by atoms with E-state index in [9.17, 15) is 0 Å². The van der Waals surface area contributed by atoms with Gasteiger partial charge in [0.15, 0.2) is 5.75 Å². The number of nitrogens with zero attached hydrogens (tertiary/aromatic N) is 2. The maximum absolute atomic E-state index is 5.37. The Bertz CT molecular complexity index is 215. The van der Waals surface area contributed by atoms with E-state index in [-0.39, 0.29) is 0 Å². The minimum atomic E-state index is 0.338. The van der Waals surface area contributed by atoms with Crippen LogP contribution in [-0.2, 0) is 0 Å². The van der Waals surface area contributed by atoms with Crippen LogP contribution in [0, 0.1) is 0 Å². The second-order valence-corrected chi connectivity index (χ2v) is 2.57. The summed E-state index contributed by atoms with van der Waals surface area (Å²) in [5.74, 6) is 0.708. The van der Waals surface area contributed by atoms with Crippen molar-refractivity contribution < 1.29 is 4.74 Å². The average Bonchev–Trinajstić information content (AvgIpc) is 2.16. The van der Waals surface area contributed by atoms with Crippen molar-refractivity contribution in [2.75, 3.05) is 13.7 Å². The summed E-state index contributed by atoms with van der Waals surface area (Å²) < 4.78 is 5.37. The van der Waals surface area contributed by atoms with Crippen molar-refractivity contribution in [1.82, 2.24) is 15.3 Å². The summed E-state index contributed by atoms with van der Waals surface area (Å²) in [7, 11) is 1.90. The second kappa shape index (κ2) is 4.66. The Balaban J connectivity index is 2.33. The molecule has 0 spiro atoms. The van der Waals surface area contributed by atoms with Crippen molar-refractivity contribution in [3.05, 3.63) is 18.7 Å². The first-order chi connectivity index (χ1) is 5.83. The molecule has 1 aromatic rings. The SMILES string of the molecule is CNC(C)COc1cncnc1. The fourth-order valence-corrected chi connectivity index (χ4v) is 0.665. The quantitative estimate of drug-likeness (QED) is 0.707. The first-order valence-corrected chi connectivity index (χ1v) is 3.88. The number of aromatic nitrogens is 2. The van der Waals surface area contributed by atoms with Crippen molar-refractivity contribution in [3.63, 3.8) is 0 Å². The van der Waals surface area contributed by atoms with Gasteiger partial charge in [0, 0.05) is 6.04 Å². The van der Waals surface area contributed by atoms with Crippen molar-refractivity contribution in [2.24, 2.45) is 0 Å². The highest BCUT2D eigenvalue weighted by Gasteiger charge is 1.98. The molecule has 1 N–H and O–H groups in total. The monoisotopic (exact) mass is 167 g/mol. The van der Waals surface area contributed by atoms with Crippen LogP contribution in [0.15, 0.2) is 18.7 Å². The van der Waals surface area contributed by atoms with Crippen molar-refractivity contribution in [1.29, 1.82) is 0 Å². The number of nitrogens with one attached hydrogen (secondary N) is 1. The Hall–Kier alpha value is -1.16. The van der Waals surface area contributed by atoms with Gasteiger partial charge in [-0.25, -0.2) is 9.97 Å². The molecule has 0 fully saturated rings. The van der Waals surface area contributed by atoms with Crippen LogP contribution in [0.4, 0.5) is 0 Å². The minimum absolute atomic E-state index is 0.338. The normalized spacial score (nSPS) is 12.5. The third-order valence-corrected chi connectivity index (χ3v) is 1.53. The Morgan fingerprint density at radius 2 is 2.17 bits per heavy atom. The molecule has 1 heterocycles. The molecule has 0 bridgehead atoms. The lowest BCUT2D eigenvalue weighted by Gasteiger charge is -2.10. The molecule has 1 atom stereocenters. The van der Waals surface area contributed by atoms with E-state index in [0.717, 1.165) is 0 Å². The summed E-state index contributed by atoms with van der Waals surface area (Å²) in [6.45, 7) is 2.67. The molecule has 4 nitrogen and oxygen atoms in total. The fraction of sp³-hybridized carbons (Fsp3) is 0.500. The van der Waals surface area contributed by atoms with Crippen molar-refractivity contribution >= 4 is 0 Å². The fourth-order valence-electron chi connectivity index (χ4n) is 0.665. The highest BCUT2D eigenvalue weighted by Crippen LogP contribution is 2.03. The number of ether oxygens (including phenoxy) is 1. The summed E-state index contributed by atoms with van der Waals surface area (Å²) in [5.41, 5.74) is 0. The van der Waals surface area contributed by atoms with Gasteiger partial charge in [0.25, 0.3) is 0 Å².